The zero-order chi connectivity index (χ0) is 34.5. The molecule has 0 amide bonds. The molecule has 49 heavy (non-hydrogen) atoms. The summed E-state index contributed by atoms with van der Waals surface area (Å²) in [6, 6.07) is 37.7. The minimum atomic E-state index is -3.97. The Morgan fingerprint density at radius 3 is 2.04 bits per heavy atom. The lowest BCUT2D eigenvalue weighted by Gasteiger charge is -2.25. The minimum absolute atomic E-state index is 0.0225. The van der Waals surface area contributed by atoms with Gasteiger partial charge in [0.2, 0.25) is 10.0 Å². The molecule has 1 heterocycles. The molecule has 0 aliphatic rings. The molecule has 0 saturated carbocycles. The van der Waals surface area contributed by atoms with Gasteiger partial charge in [0.1, 0.15) is 4.90 Å². The highest BCUT2D eigenvalue weighted by Crippen LogP contribution is 2.38. The summed E-state index contributed by atoms with van der Waals surface area (Å²) in [6.45, 7) is 0.106. The lowest BCUT2D eigenvalue weighted by molar-refractivity contribution is 0.0697. The van der Waals surface area contributed by atoms with E-state index in [1.54, 1.807) is 24.3 Å². The Kier molecular flexibility index (Phi) is 10.8. The number of halogens is 3. The topological polar surface area (TPSA) is 88.4 Å². The molecule has 0 saturated heterocycles. The molecule has 10 heteroatoms. The summed E-state index contributed by atoms with van der Waals surface area (Å²) < 4.78 is 31.9. The van der Waals surface area contributed by atoms with E-state index in [1.807, 2.05) is 66.7 Å². The number of benzene rings is 5. The van der Waals surface area contributed by atoms with Gasteiger partial charge in [0.05, 0.1) is 21.7 Å². The van der Waals surface area contributed by atoms with E-state index in [0.717, 1.165) is 51.7 Å². The highest BCUT2D eigenvalue weighted by atomic mass is 35.5. The van der Waals surface area contributed by atoms with E-state index in [-0.39, 0.29) is 33.1 Å². The number of nitrogens with zero attached hydrogens (tertiary/aromatic N) is 1. The maximum absolute atomic E-state index is 13.4. The van der Waals surface area contributed by atoms with Crippen molar-refractivity contribution in [3.63, 3.8) is 0 Å². The van der Waals surface area contributed by atoms with Crippen LogP contribution in [-0.4, -0.2) is 30.6 Å². The number of fused-ring (bicyclic) bond motifs is 1. The van der Waals surface area contributed by atoms with Crippen molar-refractivity contribution >= 4 is 61.7 Å². The smallest absolute Gasteiger partial charge is 0.335 e. The van der Waals surface area contributed by atoms with Gasteiger partial charge in [-0.15, -0.1) is 0 Å². The van der Waals surface area contributed by atoms with Crippen molar-refractivity contribution in [1.82, 2.24) is 9.29 Å². The second-order valence-corrected chi connectivity index (χ2v) is 14.7. The fourth-order valence-electron chi connectivity index (χ4n) is 6.37. The molecular weight excluding hydrogens is 699 g/mol. The molecule has 2 N–H and O–H groups in total. The van der Waals surface area contributed by atoms with Crippen molar-refractivity contribution in [3.05, 3.63) is 170 Å². The molecule has 0 radical (unpaired) electrons. The number of carboxylic acids is 1. The second kappa shape index (κ2) is 15.2. The van der Waals surface area contributed by atoms with Crippen LogP contribution < -0.4 is 4.72 Å². The van der Waals surface area contributed by atoms with Gasteiger partial charge in [-0.25, -0.2) is 17.9 Å². The molecule has 250 valence electrons. The number of aryl methyl sites for hydroxylation is 2. The van der Waals surface area contributed by atoms with Crippen molar-refractivity contribution in [2.75, 3.05) is 6.54 Å². The summed E-state index contributed by atoms with van der Waals surface area (Å²) in [6.07, 6.45) is 2.56. The number of sulfonamides is 1. The van der Waals surface area contributed by atoms with Gasteiger partial charge in [-0.3, -0.25) is 0 Å². The Hall–Kier alpha value is -4.11. The normalized spacial score (nSPS) is 11.8. The number of carbonyl (C=O) groups is 1. The molecular formula is C39H33Cl3N2O4S. The number of hydrogen-bond donors (Lipinski definition) is 2. The number of carboxylic acid groups (broad SMARTS) is 1. The molecule has 0 aliphatic heterocycles. The molecule has 0 atom stereocenters. The average Bonchev–Trinajstić information content (AvgIpc) is 3.38. The molecule has 6 rings (SSSR count). The largest absolute Gasteiger partial charge is 0.478 e. The number of aromatic carboxylic acids is 1. The Balaban J connectivity index is 1.44. The first-order valence-corrected chi connectivity index (χ1v) is 18.4. The Bertz CT molecular complexity index is 2170. The van der Waals surface area contributed by atoms with Gasteiger partial charge in [0.15, 0.2) is 0 Å². The van der Waals surface area contributed by atoms with E-state index in [1.165, 1.54) is 6.07 Å². The van der Waals surface area contributed by atoms with Crippen molar-refractivity contribution in [1.29, 1.82) is 0 Å². The van der Waals surface area contributed by atoms with Gasteiger partial charge < -0.3 is 9.67 Å². The molecule has 5 aromatic carbocycles. The summed E-state index contributed by atoms with van der Waals surface area (Å²) in [7, 11) is -3.97. The fourth-order valence-corrected chi connectivity index (χ4v) is 8.33. The third-order valence-corrected chi connectivity index (χ3v) is 11.3. The first-order chi connectivity index (χ1) is 23.6. The van der Waals surface area contributed by atoms with Gasteiger partial charge in [-0.1, -0.05) is 114 Å². The highest BCUT2D eigenvalue weighted by molar-refractivity contribution is 7.89. The number of rotatable bonds is 13. The van der Waals surface area contributed by atoms with Crippen LogP contribution in [0.3, 0.4) is 0 Å². The molecule has 0 bridgehead atoms. The van der Waals surface area contributed by atoms with Crippen molar-refractivity contribution in [2.24, 2.45) is 0 Å². The monoisotopic (exact) mass is 730 g/mol. The van der Waals surface area contributed by atoms with Crippen LogP contribution in [0.2, 0.25) is 15.1 Å². The molecule has 6 aromatic rings. The lowest BCUT2D eigenvalue weighted by atomic mass is 9.97. The van der Waals surface area contributed by atoms with Crippen molar-refractivity contribution < 1.29 is 18.3 Å². The predicted octanol–water partition coefficient (Wildman–Crippen LogP) is 9.63. The maximum atomic E-state index is 13.4. The first kappa shape index (κ1) is 34.7. The van der Waals surface area contributed by atoms with E-state index >= 15 is 0 Å². The van der Waals surface area contributed by atoms with Gasteiger partial charge in [0, 0.05) is 34.6 Å². The van der Waals surface area contributed by atoms with E-state index in [0.29, 0.717) is 17.9 Å². The third kappa shape index (κ3) is 7.72. The van der Waals surface area contributed by atoms with Gasteiger partial charge in [-0.05, 0) is 84.0 Å². The van der Waals surface area contributed by atoms with Crippen LogP contribution in [0.4, 0.5) is 0 Å². The minimum Gasteiger partial charge on any atom is -0.478 e. The number of hydrogen-bond acceptors (Lipinski definition) is 3. The Morgan fingerprint density at radius 1 is 0.755 bits per heavy atom. The van der Waals surface area contributed by atoms with Crippen LogP contribution in [0.5, 0.6) is 0 Å². The van der Waals surface area contributed by atoms with E-state index in [4.69, 9.17) is 34.8 Å². The van der Waals surface area contributed by atoms with Crippen molar-refractivity contribution in [2.45, 2.75) is 36.6 Å². The molecule has 0 aliphatic carbocycles. The van der Waals surface area contributed by atoms with Crippen LogP contribution in [0.25, 0.3) is 10.9 Å². The second-order valence-electron chi connectivity index (χ2n) is 11.7. The SMILES string of the molecule is O=C(O)c1ccc(CCCc2c(CCNS(=O)(=O)c3cccc(Cl)c3Cl)n(C(c3ccccc3)c3ccccc3)c3ccc(Cl)cc23)cc1. The van der Waals surface area contributed by atoms with Crippen LogP contribution in [0.1, 0.15) is 50.8 Å². The van der Waals surface area contributed by atoms with E-state index in [2.05, 4.69) is 33.6 Å². The number of aromatic nitrogens is 1. The molecule has 0 unspecified atom stereocenters. The predicted molar refractivity (Wildman–Crippen MR) is 198 cm³/mol. The summed E-state index contributed by atoms with van der Waals surface area (Å²) in [5.74, 6) is -0.958. The summed E-state index contributed by atoms with van der Waals surface area (Å²) in [4.78, 5) is 11.3. The summed E-state index contributed by atoms with van der Waals surface area (Å²) in [5.41, 5.74) is 6.49. The zero-order valence-electron chi connectivity index (χ0n) is 26.3. The average molecular weight is 732 g/mol. The molecule has 6 nitrogen and oxygen atoms in total. The van der Waals surface area contributed by atoms with Gasteiger partial charge >= 0.3 is 5.97 Å². The highest BCUT2D eigenvalue weighted by Gasteiger charge is 2.26. The quantitative estimate of drug-likeness (QED) is 0.124. The van der Waals surface area contributed by atoms with E-state index in [9.17, 15) is 18.3 Å². The third-order valence-electron chi connectivity index (χ3n) is 8.62. The lowest BCUT2D eigenvalue weighted by Crippen LogP contribution is -2.27. The van der Waals surface area contributed by atoms with Crippen LogP contribution in [0.15, 0.2) is 126 Å². The molecule has 0 fully saturated rings. The van der Waals surface area contributed by atoms with Crippen LogP contribution >= 0.6 is 34.8 Å². The first-order valence-electron chi connectivity index (χ1n) is 15.8. The Morgan fingerprint density at radius 2 is 1.41 bits per heavy atom. The van der Waals surface area contributed by atoms with Gasteiger partial charge in [-0.2, -0.15) is 0 Å². The van der Waals surface area contributed by atoms with Crippen molar-refractivity contribution in [3.8, 4) is 0 Å². The fraction of sp³-hybridized carbons (Fsp3) is 0.154. The van der Waals surface area contributed by atoms with E-state index < -0.39 is 16.0 Å². The number of nitrogens with one attached hydrogen (secondary N) is 1. The maximum Gasteiger partial charge on any atom is 0.335 e. The summed E-state index contributed by atoms with van der Waals surface area (Å²) in [5, 5.41) is 11.1. The standard InChI is InChI=1S/C39H33Cl3N2O4S/c40-30-21-22-34-32(25-30)31(14-7-9-26-17-19-29(20-18-26)39(45)46)35(23-24-43-49(47,48)36-16-8-15-33(41)37(36)42)44(34)38(27-10-3-1-4-11-27)28-12-5-2-6-13-28/h1-6,8,10-13,15-22,25,38,43H,7,9,14,23-24H2,(H,45,46). The van der Waals surface area contributed by atoms with Gasteiger partial charge in [0.25, 0.3) is 0 Å². The molecule has 0 spiro atoms. The molecule has 1 aromatic heterocycles. The van der Waals surface area contributed by atoms with Crippen LogP contribution in [-0.2, 0) is 29.3 Å². The van der Waals surface area contributed by atoms with Crippen LogP contribution in [0, 0.1) is 0 Å². The zero-order valence-corrected chi connectivity index (χ0v) is 29.4. The summed E-state index contributed by atoms with van der Waals surface area (Å²) >= 11 is 19.1. The Labute approximate surface area is 300 Å².